The number of para-hydroxylation sites is 1. The average Bonchev–Trinajstić information content (AvgIpc) is 3.51. The summed E-state index contributed by atoms with van der Waals surface area (Å²) in [5.74, 6) is -0.127. The van der Waals surface area contributed by atoms with E-state index in [9.17, 15) is 14.4 Å². The standard InChI is InChI=1S/C29H39N5O3S/c1-18(2)14-22(31-19(3)29(4,5)30)27(36)32-23-15-21-8-6-9-24(33-12-7-10-25(33)35)26(21)34(28(23)37)16-20-11-13-38-17-20/h6,8-9,11,13,17-18,22-23,31H,3,7,10,12,14-16,30H2,1-2,4-5H3,(H,32,36)/t22-,23?/m1/s1. The zero-order valence-corrected chi connectivity index (χ0v) is 23.6. The molecule has 0 bridgehead atoms. The van der Waals surface area contributed by atoms with Gasteiger partial charge in [0.25, 0.3) is 0 Å². The Morgan fingerprint density at radius 1 is 1.26 bits per heavy atom. The number of hydrogen-bond donors (Lipinski definition) is 3. The SMILES string of the molecule is C=C(N[C@H](CC(C)C)C(=O)NC1Cc2cccc(N3CCCC3=O)c2N(Cc2ccsc2)C1=O)C(C)(C)N. The van der Waals surface area contributed by atoms with Gasteiger partial charge in [0.2, 0.25) is 17.7 Å². The van der Waals surface area contributed by atoms with Gasteiger partial charge in [-0.25, -0.2) is 0 Å². The van der Waals surface area contributed by atoms with Crippen LogP contribution in [-0.2, 0) is 27.3 Å². The van der Waals surface area contributed by atoms with Gasteiger partial charge in [-0.15, -0.1) is 0 Å². The van der Waals surface area contributed by atoms with E-state index in [1.807, 2.05) is 62.7 Å². The molecule has 38 heavy (non-hydrogen) atoms. The smallest absolute Gasteiger partial charge is 0.250 e. The molecule has 1 aromatic carbocycles. The molecule has 0 aliphatic carbocycles. The number of nitrogens with one attached hydrogen (secondary N) is 2. The molecule has 3 heterocycles. The van der Waals surface area contributed by atoms with Crippen LogP contribution in [-0.4, -0.2) is 41.9 Å². The van der Waals surface area contributed by atoms with Gasteiger partial charge in [0.05, 0.1) is 17.9 Å². The molecule has 9 heteroatoms. The van der Waals surface area contributed by atoms with Crippen LogP contribution in [0, 0.1) is 5.92 Å². The number of thiophene rings is 1. The third-order valence-corrected chi connectivity index (χ3v) is 7.84. The Hall–Kier alpha value is -3.17. The molecule has 0 spiro atoms. The van der Waals surface area contributed by atoms with Crippen molar-refractivity contribution in [3.8, 4) is 0 Å². The van der Waals surface area contributed by atoms with Crippen LogP contribution in [0.2, 0.25) is 0 Å². The van der Waals surface area contributed by atoms with Crippen LogP contribution < -0.4 is 26.2 Å². The Balaban J connectivity index is 1.64. The first-order chi connectivity index (χ1) is 18.0. The van der Waals surface area contributed by atoms with Gasteiger partial charge in [-0.05, 0) is 66.6 Å². The van der Waals surface area contributed by atoms with Gasteiger partial charge in [0.1, 0.15) is 12.1 Å². The highest BCUT2D eigenvalue weighted by Gasteiger charge is 2.38. The van der Waals surface area contributed by atoms with Gasteiger partial charge >= 0.3 is 0 Å². The molecule has 204 valence electrons. The Bertz CT molecular complexity index is 1200. The Morgan fingerprint density at radius 2 is 2.03 bits per heavy atom. The molecule has 1 aromatic heterocycles. The quantitative estimate of drug-likeness (QED) is 0.428. The first-order valence-electron chi connectivity index (χ1n) is 13.3. The monoisotopic (exact) mass is 537 g/mol. The second-order valence-electron chi connectivity index (χ2n) is 11.3. The fourth-order valence-electron chi connectivity index (χ4n) is 4.99. The summed E-state index contributed by atoms with van der Waals surface area (Å²) >= 11 is 1.57. The van der Waals surface area contributed by atoms with E-state index in [2.05, 4.69) is 17.2 Å². The highest BCUT2D eigenvalue weighted by molar-refractivity contribution is 7.07. The van der Waals surface area contributed by atoms with Crippen LogP contribution in [0.4, 0.5) is 11.4 Å². The molecule has 2 aliphatic heterocycles. The van der Waals surface area contributed by atoms with Crippen molar-refractivity contribution in [3.05, 3.63) is 58.4 Å². The lowest BCUT2D eigenvalue weighted by Crippen LogP contribution is -2.57. The van der Waals surface area contributed by atoms with Crippen molar-refractivity contribution in [2.24, 2.45) is 11.7 Å². The lowest BCUT2D eigenvalue weighted by molar-refractivity contribution is -0.129. The van der Waals surface area contributed by atoms with Gasteiger partial charge in [0, 0.05) is 30.6 Å². The van der Waals surface area contributed by atoms with Gasteiger partial charge in [-0.1, -0.05) is 32.6 Å². The van der Waals surface area contributed by atoms with Crippen molar-refractivity contribution in [1.29, 1.82) is 0 Å². The normalized spacial score (nSPS) is 18.5. The third kappa shape index (κ3) is 6.10. The summed E-state index contributed by atoms with van der Waals surface area (Å²) in [6.07, 6.45) is 2.23. The number of rotatable bonds is 10. The molecule has 0 saturated carbocycles. The molecule has 2 aromatic rings. The first-order valence-corrected chi connectivity index (χ1v) is 14.2. The number of nitrogens with two attached hydrogens (primary N) is 1. The summed E-state index contributed by atoms with van der Waals surface area (Å²) in [6, 6.07) is 6.51. The molecule has 1 saturated heterocycles. The van der Waals surface area contributed by atoms with Gasteiger partial charge in [-0.2, -0.15) is 11.3 Å². The largest absolute Gasteiger partial charge is 0.376 e. The Labute approximate surface area is 229 Å². The number of carbonyl (C=O) groups is 3. The van der Waals surface area contributed by atoms with E-state index >= 15 is 0 Å². The molecule has 2 atom stereocenters. The number of benzene rings is 1. The lowest BCUT2D eigenvalue weighted by Gasteiger charge is -2.38. The van der Waals surface area contributed by atoms with E-state index in [-0.39, 0.29) is 23.6 Å². The van der Waals surface area contributed by atoms with Crippen LogP contribution in [0.15, 0.2) is 47.3 Å². The fourth-order valence-corrected chi connectivity index (χ4v) is 5.65. The molecular weight excluding hydrogens is 498 g/mol. The topological polar surface area (TPSA) is 108 Å². The maximum absolute atomic E-state index is 14.0. The van der Waals surface area contributed by atoms with Crippen molar-refractivity contribution in [2.75, 3.05) is 16.3 Å². The highest BCUT2D eigenvalue weighted by atomic mass is 32.1. The number of nitrogens with zero attached hydrogens (tertiary/aromatic N) is 2. The number of amides is 3. The number of carbonyl (C=O) groups excluding carboxylic acids is 3. The average molecular weight is 538 g/mol. The molecule has 0 radical (unpaired) electrons. The van der Waals surface area contributed by atoms with Crippen molar-refractivity contribution >= 4 is 40.4 Å². The molecule has 2 aliphatic rings. The Morgan fingerprint density at radius 3 is 2.63 bits per heavy atom. The van der Waals surface area contributed by atoms with E-state index < -0.39 is 17.6 Å². The fraction of sp³-hybridized carbons (Fsp3) is 0.483. The summed E-state index contributed by atoms with van der Waals surface area (Å²) < 4.78 is 0. The van der Waals surface area contributed by atoms with E-state index in [0.717, 1.165) is 28.9 Å². The minimum Gasteiger partial charge on any atom is -0.376 e. The minimum atomic E-state index is -0.728. The lowest BCUT2D eigenvalue weighted by atomic mass is 9.94. The van der Waals surface area contributed by atoms with Crippen molar-refractivity contribution in [1.82, 2.24) is 10.6 Å². The number of anilines is 2. The Kier molecular flexibility index (Phi) is 8.28. The predicted molar refractivity (Wildman–Crippen MR) is 153 cm³/mol. The number of hydrogen-bond acceptors (Lipinski definition) is 6. The summed E-state index contributed by atoms with van der Waals surface area (Å²) in [5, 5.41) is 10.2. The maximum Gasteiger partial charge on any atom is 0.250 e. The van der Waals surface area contributed by atoms with Gasteiger partial charge in [0.15, 0.2) is 0 Å². The highest BCUT2D eigenvalue weighted by Crippen LogP contribution is 2.40. The summed E-state index contributed by atoms with van der Waals surface area (Å²) in [4.78, 5) is 43.7. The number of fused-ring (bicyclic) bond motifs is 1. The molecule has 1 fully saturated rings. The molecule has 8 nitrogen and oxygen atoms in total. The van der Waals surface area contributed by atoms with Gasteiger partial charge in [-0.3, -0.25) is 14.4 Å². The molecule has 3 amide bonds. The second-order valence-corrected chi connectivity index (χ2v) is 12.1. The zero-order valence-electron chi connectivity index (χ0n) is 22.8. The summed E-state index contributed by atoms with van der Waals surface area (Å²) in [5.41, 5.74) is 9.53. The predicted octanol–water partition coefficient (Wildman–Crippen LogP) is 3.70. The third-order valence-electron chi connectivity index (χ3n) is 7.11. The van der Waals surface area contributed by atoms with E-state index in [1.54, 1.807) is 21.1 Å². The summed E-state index contributed by atoms with van der Waals surface area (Å²) in [7, 11) is 0. The maximum atomic E-state index is 14.0. The van der Waals surface area contributed by atoms with Crippen LogP contribution >= 0.6 is 11.3 Å². The van der Waals surface area contributed by atoms with Gasteiger partial charge < -0.3 is 26.2 Å². The first kappa shape index (κ1) is 27.9. The van der Waals surface area contributed by atoms with E-state index in [4.69, 9.17) is 5.73 Å². The minimum absolute atomic E-state index is 0.0717. The second kappa shape index (κ2) is 11.3. The molecule has 1 unspecified atom stereocenters. The van der Waals surface area contributed by atoms with Crippen LogP contribution in [0.3, 0.4) is 0 Å². The molecule has 4 N–H and O–H groups in total. The van der Waals surface area contributed by atoms with E-state index in [1.165, 1.54) is 0 Å². The molecular formula is C29H39N5O3S. The van der Waals surface area contributed by atoms with Crippen molar-refractivity contribution < 1.29 is 14.4 Å². The summed E-state index contributed by atoms with van der Waals surface area (Å²) in [6.45, 7) is 12.8. The van der Waals surface area contributed by atoms with E-state index in [0.29, 0.717) is 38.0 Å². The zero-order chi connectivity index (χ0) is 27.6. The van der Waals surface area contributed by atoms with Crippen LogP contribution in [0.25, 0.3) is 0 Å². The van der Waals surface area contributed by atoms with Crippen molar-refractivity contribution in [3.63, 3.8) is 0 Å². The van der Waals surface area contributed by atoms with Crippen LogP contribution in [0.1, 0.15) is 58.1 Å². The van der Waals surface area contributed by atoms with Crippen molar-refractivity contribution in [2.45, 2.75) is 77.5 Å². The molecule has 4 rings (SSSR count). The van der Waals surface area contributed by atoms with Crippen LogP contribution in [0.5, 0.6) is 0 Å².